The van der Waals surface area contributed by atoms with E-state index in [1.165, 1.54) is 20.4 Å². The van der Waals surface area contributed by atoms with Crippen molar-refractivity contribution in [1.29, 1.82) is 0 Å². The van der Waals surface area contributed by atoms with Crippen LogP contribution in [0.25, 0.3) is 6.08 Å². The van der Waals surface area contributed by atoms with Crippen LogP contribution in [-0.4, -0.2) is 31.1 Å². The van der Waals surface area contributed by atoms with Gasteiger partial charge in [0.05, 0.1) is 19.8 Å². The Morgan fingerprint density at radius 3 is 2.64 bits per heavy atom. The van der Waals surface area contributed by atoms with Gasteiger partial charge in [-0.15, -0.1) is 0 Å². The van der Waals surface area contributed by atoms with Crippen LogP contribution in [0.3, 0.4) is 0 Å². The smallest absolute Gasteiger partial charge is 0.339 e. The monoisotopic (exact) mass is 311 g/mol. The Kier molecular flexibility index (Phi) is 5.11. The number of esters is 1. The Balaban J connectivity index is 2.13. The lowest BCUT2D eigenvalue weighted by molar-refractivity contribution is -0.0410. The molecule has 0 aliphatic heterocycles. The summed E-state index contributed by atoms with van der Waals surface area (Å²) in [5.74, 6) is -2.53. The van der Waals surface area contributed by atoms with Gasteiger partial charge in [-0.1, -0.05) is 12.2 Å². The maximum Gasteiger partial charge on any atom is 0.339 e. The first-order valence-electron chi connectivity index (χ1n) is 7.13. The minimum absolute atomic E-state index is 0.0837. The van der Waals surface area contributed by atoms with E-state index in [2.05, 4.69) is 9.72 Å². The Labute approximate surface area is 128 Å². The first-order chi connectivity index (χ1) is 10.4. The molecule has 4 nitrogen and oxygen atoms in total. The molecule has 1 aliphatic carbocycles. The molecular formula is C16H19F2NO3. The van der Waals surface area contributed by atoms with E-state index in [-0.39, 0.29) is 18.8 Å². The van der Waals surface area contributed by atoms with Crippen molar-refractivity contribution in [3.05, 3.63) is 29.5 Å². The average molecular weight is 311 g/mol. The first-order valence-corrected chi connectivity index (χ1v) is 7.13. The van der Waals surface area contributed by atoms with Crippen LogP contribution < -0.4 is 4.74 Å². The van der Waals surface area contributed by atoms with Gasteiger partial charge in [-0.05, 0) is 24.8 Å². The van der Waals surface area contributed by atoms with Crippen LogP contribution in [0.5, 0.6) is 5.88 Å². The molecule has 1 aromatic heterocycles. The van der Waals surface area contributed by atoms with Crippen molar-refractivity contribution in [2.24, 2.45) is 5.92 Å². The zero-order chi connectivity index (χ0) is 16.2. The summed E-state index contributed by atoms with van der Waals surface area (Å²) in [5, 5.41) is 0. The van der Waals surface area contributed by atoms with Crippen molar-refractivity contribution < 1.29 is 23.0 Å². The van der Waals surface area contributed by atoms with Crippen LogP contribution in [0.2, 0.25) is 0 Å². The van der Waals surface area contributed by atoms with Crippen molar-refractivity contribution in [3.63, 3.8) is 0 Å². The molecule has 120 valence electrons. The number of rotatable bonds is 4. The fourth-order valence-electron chi connectivity index (χ4n) is 2.48. The average Bonchev–Trinajstić information content (AvgIpc) is 2.52. The predicted octanol–water partition coefficient (Wildman–Crippen LogP) is 3.72. The molecule has 6 heteroatoms. The van der Waals surface area contributed by atoms with E-state index >= 15 is 0 Å². The Hall–Kier alpha value is -1.98. The molecule has 0 aromatic carbocycles. The summed E-state index contributed by atoms with van der Waals surface area (Å²) in [6.45, 7) is 0. The highest BCUT2D eigenvalue weighted by Crippen LogP contribution is 2.37. The van der Waals surface area contributed by atoms with Crippen LogP contribution in [0.4, 0.5) is 8.78 Å². The molecule has 22 heavy (non-hydrogen) atoms. The molecule has 0 amide bonds. The third-order valence-corrected chi connectivity index (χ3v) is 3.80. The normalized spacial score (nSPS) is 18.4. The van der Waals surface area contributed by atoms with E-state index in [0.717, 1.165) is 0 Å². The van der Waals surface area contributed by atoms with Crippen molar-refractivity contribution in [2.75, 3.05) is 14.2 Å². The highest BCUT2D eigenvalue weighted by Gasteiger charge is 2.33. The summed E-state index contributed by atoms with van der Waals surface area (Å²) < 4.78 is 36.1. The van der Waals surface area contributed by atoms with Crippen LogP contribution >= 0.6 is 0 Å². The number of hydrogen-bond acceptors (Lipinski definition) is 4. The van der Waals surface area contributed by atoms with Crippen molar-refractivity contribution in [3.8, 4) is 5.88 Å². The number of carbonyl (C=O) groups is 1. The molecule has 0 N–H and O–H groups in total. The maximum atomic E-state index is 13.1. The standard InChI is InChI=1S/C16H19F2NO3/c1-21-14-12(9-13(10-19-14)15(20)22-2)4-3-11-5-7-16(17,18)8-6-11/h3-4,9-11H,5-8H2,1-2H3/b4-3+. The van der Waals surface area contributed by atoms with E-state index in [0.29, 0.717) is 29.8 Å². The highest BCUT2D eigenvalue weighted by atomic mass is 19.3. The Morgan fingerprint density at radius 1 is 1.36 bits per heavy atom. The Bertz CT molecular complexity index is 563. The summed E-state index contributed by atoms with van der Waals surface area (Å²) in [7, 11) is 2.78. The van der Waals surface area contributed by atoms with Gasteiger partial charge in [0, 0.05) is 24.6 Å². The molecule has 0 bridgehead atoms. The lowest BCUT2D eigenvalue weighted by Gasteiger charge is -2.26. The van der Waals surface area contributed by atoms with Crippen molar-refractivity contribution in [1.82, 2.24) is 4.98 Å². The molecule has 1 saturated carbocycles. The van der Waals surface area contributed by atoms with Crippen LogP contribution in [0.1, 0.15) is 41.6 Å². The van der Waals surface area contributed by atoms with Crippen molar-refractivity contribution >= 4 is 12.0 Å². The molecule has 0 atom stereocenters. The number of methoxy groups -OCH3 is 2. The van der Waals surface area contributed by atoms with E-state index in [4.69, 9.17) is 4.74 Å². The largest absolute Gasteiger partial charge is 0.481 e. The Morgan fingerprint density at radius 2 is 2.05 bits per heavy atom. The molecule has 0 spiro atoms. The van der Waals surface area contributed by atoms with Gasteiger partial charge in [0.1, 0.15) is 0 Å². The third-order valence-electron chi connectivity index (χ3n) is 3.80. The number of aromatic nitrogens is 1. The van der Waals surface area contributed by atoms with Gasteiger partial charge >= 0.3 is 5.97 Å². The summed E-state index contributed by atoms with van der Waals surface area (Å²) in [6.07, 6.45) is 5.77. The first kappa shape index (κ1) is 16.4. The minimum Gasteiger partial charge on any atom is -0.481 e. The fraction of sp³-hybridized carbons (Fsp3) is 0.500. The van der Waals surface area contributed by atoms with Gasteiger partial charge in [-0.25, -0.2) is 18.6 Å². The zero-order valence-electron chi connectivity index (χ0n) is 12.6. The second-order valence-corrected chi connectivity index (χ2v) is 5.37. The molecular weight excluding hydrogens is 292 g/mol. The topological polar surface area (TPSA) is 48.4 Å². The number of allylic oxidation sites excluding steroid dienone is 1. The van der Waals surface area contributed by atoms with Gasteiger partial charge in [-0.3, -0.25) is 0 Å². The van der Waals surface area contributed by atoms with Crippen LogP contribution in [0.15, 0.2) is 18.3 Å². The van der Waals surface area contributed by atoms with Crippen LogP contribution in [0, 0.1) is 5.92 Å². The number of ether oxygens (including phenoxy) is 2. The molecule has 1 heterocycles. The highest BCUT2D eigenvalue weighted by molar-refractivity contribution is 5.89. The molecule has 1 aliphatic rings. The zero-order valence-corrected chi connectivity index (χ0v) is 12.6. The number of pyridine rings is 1. The van der Waals surface area contributed by atoms with Gasteiger partial charge < -0.3 is 9.47 Å². The summed E-state index contributed by atoms with van der Waals surface area (Å²) >= 11 is 0. The lowest BCUT2D eigenvalue weighted by Crippen LogP contribution is -2.23. The number of alkyl halides is 2. The van der Waals surface area contributed by atoms with E-state index in [9.17, 15) is 13.6 Å². The number of nitrogens with zero attached hydrogens (tertiary/aromatic N) is 1. The quantitative estimate of drug-likeness (QED) is 0.795. The van der Waals surface area contributed by atoms with Gasteiger partial charge in [-0.2, -0.15) is 0 Å². The second-order valence-electron chi connectivity index (χ2n) is 5.37. The van der Waals surface area contributed by atoms with Gasteiger partial charge in [0.25, 0.3) is 0 Å². The second kappa shape index (κ2) is 6.85. The lowest BCUT2D eigenvalue weighted by atomic mass is 9.86. The minimum atomic E-state index is -2.53. The van der Waals surface area contributed by atoms with E-state index in [1.54, 1.807) is 12.1 Å². The molecule has 2 rings (SSSR count). The molecule has 1 fully saturated rings. The number of halogens is 2. The summed E-state index contributed by atoms with van der Waals surface area (Å²) in [5.41, 5.74) is 0.945. The fourth-order valence-corrected chi connectivity index (χ4v) is 2.48. The van der Waals surface area contributed by atoms with Crippen molar-refractivity contribution in [2.45, 2.75) is 31.6 Å². The molecule has 0 saturated heterocycles. The summed E-state index contributed by atoms with van der Waals surface area (Å²) in [6, 6.07) is 1.62. The predicted molar refractivity (Wildman–Crippen MR) is 78.1 cm³/mol. The van der Waals surface area contributed by atoms with Gasteiger partial charge in [0.2, 0.25) is 11.8 Å². The third kappa shape index (κ3) is 4.02. The molecule has 1 aromatic rings. The summed E-state index contributed by atoms with van der Waals surface area (Å²) in [4.78, 5) is 15.6. The molecule has 0 unspecified atom stereocenters. The van der Waals surface area contributed by atoms with Gasteiger partial charge in [0.15, 0.2) is 0 Å². The van der Waals surface area contributed by atoms with E-state index in [1.807, 2.05) is 6.08 Å². The molecule has 0 radical (unpaired) electrons. The number of carbonyl (C=O) groups excluding carboxylic acids is 1. The number of hydrogen-bond donors (Lipinski definition) is 0. The maximum absolute atomic E-state index is 13.1. The van der Waals surface area contributed by atoms with E-state index < -0.39 is 11.9 Å². The SMILES string of the molecule is COC(=O)c1cnc(OC)c(/C=C/C2CCC(F)(F)CC2)c1. The van der Waals surface area contributed by atoms with Crippen LogP contribution in [-0.2, 0) is 4.74 Å².